The van der Waals surface area contributed by atoms with Crippen LogP contribution in [0.4, 0.5) is 0 Å². The van der Waals surface area contributed by atoms with Crippen molar-refractivity contribution in [1.29, 1.82) is 0 Å². The second-order valence-corrected chi connectivity index (χ2v) is 6.84. The number of nitrogens with zero attached hydrogens (tertiary/aromatic N) is 1. The van der Waals surface area contributed by atoms with Crippen molar-refractivity contribution in [1.82, 2.24) is 10.3 Å². The molecule has 2 aromatic rings. The molecule has 0 atom stereocenters. The summed E-state index contributed by atoms with van der Waals surface area (Å²) in [7, 11) is 1.63. The van der Waals surface area contributed by atoms with Gasteiger partial charge in [-0.05, 0) is 75.4 Å². The Hall–Kier alpha value is -2.56. The highest BCUT2D eigenvalue weighted by molar-refractivity contribution is 5.94. The molecular formula is C21H26N2O3. The van der Waals surface area contributed by atoms with Crippen molar-refractivity contribution in [3.63, 3.8) is 0 Å². The van der Waals surface area contributed by atoms with Crippen molar-refractivity contribution in [3.8, 4) is 11.5 Å². The molecule has 26 heavy (non-hydrogen) atoms. The SMILES string of the molecule is COc1ccc(C(=O)NC2CCC(Oc3cccnc3C)CC2)cc1C. The maximum absolute atomic E-state index is 12.5. The molecule has 5 heteroatoms. The van der Waals surface area contributed by atoms with E-state index >= 15 is 0 Å². The van der Waals surface area contributed by atoms with E-state index in [1.807, 2.05) is 38.1 Å². The number of aryl methyl sites for hydroxylation is 2. The number of methoxy groups -OCH3 is 1. The molecule has 1 aliphatic rings. The van der Waals surface area contributed by atoms with Crippen LogP contribution < -0.4 is 14.8 Å². The van der Waals surface area contributed by atoms with E-state index in [1.54, 1.807) is 19.4 Å². The molecule has 1 heterocycles. The first kappa shape index (κ1) is 18.2. The quantitative estimate of drug-likeness (QED) is 0.886. The Morgan fingerprint density at radius 2 is 1.88 bits per heavy atom. The van der Waals surface area contributed by atoms with E-state index < -0.39 is 0 Å². The highest BCUT2D eigenvalue weighted by atomic mass is 16.5. The average molecular weight is 354 g/mol. The second kappa shape index (κ2) is 8.21. The zero-order valence-corrected chi connectivity index (χ0v) is 15.6. The minimum absolute atomic E-state index is 0.0248. The predicted molar refractivity (Wildman–Crippen MR) is 101 cm³/mol. The fourth-order valence-corrected chi connectivity index (χ4v) is 3.39. The van der Waals surface area contributed by atoms with Gasteiger partial charge in [0.15, 0.2) is 0 Å². The van der Waals surface area contributed by atoms with Crippen LogP contribution in [0.3, 0.4) is 0 Å². The Morgan fingerprint density at radius 1 is 1.12 bits per heavy atom. The number of carbonyl (C=O) groups is 1. The summed E-state index contributed by atoms with van der Waals surface area (Å²) in [6.07, 6.45) is 5.67. The number of hydrogen-bond donors (Lipinski definition) is 1. The van der Waals surface area contributed by atoms with Crippen LogP contribution in [-0.4, -0.2) is 30.1 Å². The number of pyridine rings is 1. The number of nitrogens with one attached hydrogen (secondary N) is 1. The molecular weight excluding hydrogens is 328 g/mol. The van der Waals surface area contributed by atoms with Crippen molar-refractivity contribution < 1.29 is 14.3 Å². The number of rotatable bonds is 5. The number of aromatic nitrogens is 1. The molecule has 1 amide bonds. The lowest BCUT2D eigenvalue weighted by Crippen LogP contribution is -2.39. The second-order valence-electron chi connectivity index (χ2n) is 6.84. The smallest absolute Gasteiger partial charge is 0.251 e. The fourth-order valence-electron chi connectivity index (χ4n) is 3.39. The van der Waals surface area contributed by atoms with Crippen molar-refractivity contribution in [2.75, 3.05) is 7.11 Å². The standard InChI is InChI=1S/C21H26N2O3/c1-14-13-16(6-11-19(14)25-3)21(24)23-17-7-9-18(10-8-17)26-20-5-4-12-22-15(20)2/h4-6,11-13,17-18H,7-10H2,1-3H3,(H,23,24). The lowest BCUT2D eigenvalue weighted by atomic mass is 9.92. The van der Waals surface area contributed by atoms with Gasteiger partial charge in [-0.15, -0.1) is 0 Å². The van der Waals surface area contributed by atoms with E-state index in [-0.39, 0.29) is 18.1 Å². The van der Waals surface area contributed by atoms with Crippen molar-refractivity contribution >= 4 is 5.91 Å². The number of hydrogen-bond acceptors (Lipinski definition) is 4. The van der Waals surface area contributed by atoms with Gasteiger partial charge in [0.25, 0.3) is 5.91 Å². The monoisotopic (exact) mass is 354 g/mol. The summed E-state index contributed by atoms with van der Waals surface area (Å²) in [6, 6.07) is 9.56. The van der Waals surface area contributed by atoms with Gasteiger partial charge in [0, 0.05) is 17.8 Å². The zero-order chi connectivity index (χ0) is 18.5. The predicted octanol–water partition coefficient (Wildman–Crippen LogP) is 3.83. The summed E-state index contributed by atoms with van der Waals surface area (Å²) in [4.78, 5) is 16.8. The molecule has 1 saturated carbocycles. The largest absolute Gasteiger partial charge is 0.496 e. The minimum Gasteiger partial charge on any atom is -0.496 e. The molecule has 138 valence electrons. The third-order valence-electron chi connectivity index (χ3n) is 4.92. The van der Waals surface area contributed by atoms with Crippen molar-refractivity contribution in [3.05, 3.63) is 53.3 Å². The van der Waals surface area contributed by atoms with E-state index in [9.17, 15) is 4.79 Å². The molecule has 1 aliphatic carbocycles. The summed E-state index contributed by atoms with van der Waals surface area (Å²) in [5.74, 6) is 1.63. The number of carbonyl (C=O) groups excluding carboxylic acids is 1. The van der Waals surface area contributed by atoms with E-state index in [0.717, 1.165) is 48.4 Å². The molecule has 0 saturated heterocycles. The summed E-state index contributed by atoms with van der Waals surface area (Å²) in [6.45, 7) is 3.90. The molecule has 1 aromatic heterocycles. The Bertz CT molecular complexity index is 768. The molecule has 0 spiro atoms. The van der Waals surface area contributed by atoms with E-state index in [1.165, 1.54) is 0 Å². The Kier molecular flexibility index (Phi) is 5.76. The third kappa shape index (κ3) is 4.34. The van der Waals surface area contributed by atoms with Gasteiger partial charge in [-0.1, -0.05) is 0 Å². The van der Waals surface area contributed by atoms with Crippen LogP contribution in [0.5, 0.6) is 11.5 Å². The highest BCUT2D eigenvalue weighted by Crippen LogP contribution is 2.25. The molecule has 3 rings (SSSR count). The van der Waals surface area contributed by atoms with E-state index in [0.29, 0.717) is 5.56 Å². The maximum atomic E-state index is 12.5. The number of ether oxygens (including phenoxy) is 2. The van der Waals surface area contributed by atoms with Gasteiger partial charge >= 0.3 is 0 Å². The third-order valence-corrected chi connectivity index (χ3v) is 4.92. The van der Waals surface area contributed by atoms with Gasteiger partial charge in [0.2, 0.25) is 0 Å². The Balaban J connectivity index is 1.51. The topological polar surface area (TPSA) is 60.5 Å². The normalized spacial score (nSPS) is 19.7. The fraction of sp³-hybridized carbons (Fsp3) is 0.429. The minimum atomic E-state index is -0.0248. The van der Waals surface area contributed by atoms with Crippen LogP contribution in [0.25, 0.3) is 0 Å². The van der Waals surface area contributed by atoms with Gasteiger partial charge in [-0.3, -0.25) is 9.78 Å². The average Bonchev–Trinajstić information content (AvgIpc) is 2.65. The van der Waals surface area contributed by atoms with Crippen LogP contribution in [0.2, 0.25) is 0 Å². The van der Waals surface area contributed by atoms with Gasteiger partial charge in [-0.25, -0.2) is 0 Å². The number of benzene rings is 1. The molecule has 0 radical (unpaired) electrons. The first-order valence-corrected chi connectivity index (χ1v) is 9.10. The Morgan fingerprint density at radius 3 is 2.54 bits per heavy atom. The lowest BCUT2D eigenvalue weighted by Gasteiger charge is -2.29. The molecule has 0 aliphatic heterocycles. The van der Waals surface area contributed by atoms with E-state index in [2.05, 4.69) is 10.3 Å². The molecule has 5 nitrogen and oxygen atoms in total. The maximum Gasteiger partial charge on any atom is 0.251 e. The van der Waals surface area contributed by atoms with Gasteiger partial charge < -0.3 is 14.8 Å². The van der Waals surface area contributed by atoms with Gasteiger partial charge in [0.05, 0.1) is 18.9 Å². The molecule has 1 aromatic carbocycles. The molecule has 1 fully saturated rings. The van der Waals surface area contributed by atoms with Crippen LogP contribution >= 0.6 is 0 Å². The van der Waals surface area contributed by atoms with Gasteiger partial charge in [0.1, 0.15) is 11.5 Å². The summed E-state index contributed by atoms with van der Waals surface area (Å²) >= 11 is 0. The van der Waals surface area contributed by atoms with E-state index in [4.69, 9.17) is 9.47 Å². The van der Waals surface area contributed by atoms with Crippen LogP contribution in [-0.2, 0) is 0 Å². The summed E-state index contributed by atoms with van der Waals surface area (Å²) in [5, 5.41) is 3.15. The first-order valence-electron chi connectivity index (χ1n) is 9.10. The summed E-state index contributed by atoms with van der Waals surface area (Å²) in [5.41, 5.74) is 2.55. The first-order chi connectivity index (χ1) is 12.6. The highest BCUT2D eigenvalue weighted by Gasteiger charge is 2.24. The number of amides is 1. The molecule has 1 N–H and O–H groups in total. The van der Waals surface area contributed by atoms with Crippen LogP contribution in [0, 0.1) is 13.8 Å². The summed E-state index contributed by atoms with van der Waals surface area (Å²) < 4.78 is 11.3. The zero-order valence-electron chi connectivity index (χ0n) is 15.6. The van der Waals surface area contributed by atoms with Crippen LogP contribution in [0.15, 0.2) is 36.5 Å². The molecule has 0 unspecified atom stereocenters. The molecule has 0 bridgehead atoms. The Labute approximate surface area is 154 Å². The van der Waals surface area contributed by atoms with Crippen LogP contribution in [0.1, 0.15) is 47.3 Å². The van der Waals surface area contributed by atoms with Crippen molar-refractivity contribution in [2.45, 2.75) is 51.7 Å². The van der Waals surface area contributed by atoms with Gasteiger partial charge in [-0.2, -0.15) is 0 Å². The lowest BCUT2D eigenvalue weighted by molar-refractivity contribution is 0.0893. The van der Waals surface area contributed by atoms with Crippen molar-refractivity contribution in [2.24, 2.45) is 0 Å².